The van der Waals surface area contributed by atoms with Gasteiger partial charge in [-0.05, 0) is 55.7 Å². The summed E-state index contributed by atoms with van der Waals surface area (Å²) in [5.74, 6) is 7.33. The number of hydrogen-bond acceptors (Lipinski definition) is 6. The van der Waals surface area contributed by atoms with Crippen LogP contribution in [0.1, 0.15) is 43.2 Å². The van der Waals surface area contributed by atoms with Crippen LogP contribution >= 0.6 is 0 Å². The van der Waals surface area contributed by atoms with Gasteiger partial charge in [0.1, 0.15) is 12.4 Å². The second-order valence-corrected chi connectivity index (χ2v) is 9.19. The van der Waals surface area contributed by atoms with Crippen LogP contribution in [0, 0.1) is 5.92 Å². The summed E-state index contributed by atoms with van der Waals surface area (Å²) in [4.78, 5) is 6.69. The van der Waals surface area contributed by atoms with E-state index in [9.17, 15) is 13.2 Å². The molecule has 0 amide bonds. The summed E-state index contributed by atoms with van der Waals surface area (Å²) < 4.78 is 49.6. The van der Waals surface area contributed by atoms with E-state index >= 15 is 0 Å². The Balaban J connectivity index is 1.15. The molecule has 1 atom stereocenters. The number of anilines is 1. The van der Waals surface area contributed by atoms with Crippen LogP contribution in [-0.4, -0.2) is 48.9 Å². The number of hydrazine groups is 1. The predicted molar refractivity (Wildman–Crippen MR) is 124 cm³/mol. The number of nitrogens with zero attached hydrogens (tertiary/aromatic N) is 3. The minimum absolute atomic E-state index is 0.265. The zero-order chi connectivity index (χ0) is 24.0. The number of benzene rings is 1. The van der Waals surface area contributed by atoms with Crippen molar-refractivity contribution in [1.82, 2.24) is 9.99 Å². The fraction of sp³-hybridized carbons (Fsp3) is 0.560. The molecule has 3 heterocycles. The molecule has 34 heavy (non-hydrogen) atoms. The summed E-state index contributed by atoms with van der Waals surface area (Å²) in [6.07, 6.45) is 4.58. The normalized spacial score (nSPS) is 20.1. The van der Waals surface area contributed by atoms with Crippen molar-refractivity contribution in [3.63, 3.8) is 0 Å². The van der Waals surface area contributed by atoms with Gasteiger partial charge in [-0.25, -0.2) is 5.01 Å². The SMILES string of the molecule is NN1CCC[C@H]1COc1cncc(N2CCC(CCOCc3ccc(C(F)(F)F)cc3)CC2)c1. The number of halogens is 3. The molecule has 2 N–H and O–H groups in total. The Hall–Kier alpha value is -2.36. The molecule has 2 saturated heterocycles. The number of nitrogens with two attached hydrogens (primary N) is 1. The summed E-state index contributed by atoms with van der Waals surface area (Å²) in [6.45, 7) is 4.34. The third kappa shape index (κ3) is 6.84. The Morgan fingerprint density at radius 1 is 1.03 bits per heavy atom. The van der Waals surface area contributed by atoms with Gasteiger partial charge in [0.15, 0.2) is 0 Å². The Morgan fingerprint density at radius 2 is 1.79 bits per heavy atom. The molecule has 2 aliphatic heterocycles. The zero-order valence-corrected chi connectivity index (χ0v) is 19.3. The van der Waals surface area contributed by atoms with Crippen molar-refractivity contribution in [3.05, 3.63) is 53.9 Å². The van der Waals surface area contributed by atoms with Crippen molar-refractivity contribution in [2.45, 2.75) is 50.9 Å². The van der Waals surface area contributed by atoms with Gasteiger partial charge in [-0.15, -0.1) is 0 Å². The second-order valence-electron chi connectivity index (χ2n) is 9.19. The summed E-state index contributed by atoms with van der Waals surface area (Å²) in [6, 6.07) is 7.48. The van der Waals surface area contributed by atoms with E-state index in [1.165, 1.54) is 12.1 Å². The van der Waals surface area contributed by atoms with Crippen LogP contribution in [-0.2, 0) is 17.5 Å². The van der Waals surface area contributed by atoms with E-state index in [2.05, 4.69) is 16.0 Å². The molecular formula is C25H33F3N4O2. The standard InChI is InChI=1S/C25H33F3N4O2/c26-25(27,28)21-5-3-20(4-6-21)17-33-13-9-19-7-11-31(12-8-19)23-14-24(16-30-15-23)34-18-22-2-1-10-32(22)29/h3-6,14-16,19,22H,1-2,7-13,17-18,29H2/t22-/m0/s1. The van der Waals surface area contributed by atoms with E-state index in [0.717, 1.165) is 80.9 Å². The summed E-state index contributed by atoms with van der Waals surface area (Å²) in [5, 5.41) is 1.86. The predicted octanol–water partition coefficient (Wildman–Crippen LogP) is 4.64. The second kappa shape index (κ2) is 11.4. The van der Waals surface area contributed by atoms with E-state index < -0.39 is 11.7 Å². The van der Waals surface area contributed by atoms with Gasteiger partial charge in [-0.1, -0.05) is 12.1 Å². The van der Waals surface area contributed by atoms with Crippen LogP contribution in [0.4, 0.5) is 18.9 Å². The molecule has 186 valence electrons. The summed E-state index contributed by atoms with van der Waals surface area (Å²) >= 11 is 0. The van der Waals surface area contributed by atoms with Crippen LogP contribution in [0.25, 0.3) is 0 Å². The van der Waals surface area contributed by atoms with Gasteiger partial charge >= 0.3 is 6.18 Å². The number of aromatic nitrogens is 1. The fourth-order valence-corrected chi connectivity index (χ4v) is 4.60. The minimum Gasteiger partial charge on any atom is -0.490 e. The molecule has 0 spiro atoms. The molecular weight excluding hydrogens is 445 g/mol. The van der Waals surface area contributed by atoms with Crippen LogP contribution in [0.15, 0.2) is 42.7 Å². The highest BCUT2D eigenvalue weighted by molar-refractivity contribution is 5.48. The highest BCUT2D eigenvalue weighted by Gasteiger charge is 2.30. The average Bonchev–Trinajstić information content (AvgIpc) is 3.25. The Bertz CT molecular complexity index is 902. The monoisotopic (exact) mass is 478 g/mol. The van der Waals surface area contributed by atoms with E-state index in [0.29, 0.717) is 25.7 Å². The van der Waals surface area contributed by atoms with E-state index in [-0.39, 0.29) is 6.04 Å². The van der Waals surface area contributed by atoms with Gasteiger partial charge in [-0.2, -0.15) is 13.2 Å². The van der Waals surface area contributed by atoms with E-state index in [4.69, 9.17) is 15.3 Å². The van der Waals surface area contributed by atoms with E-state index in [1.54, 1.807) is 6.20 Å². The molecule has 2 aromatic rings. The van der Waals surface area contributed by atoms with Gasteiger partial charge in [0.05, 0.1) is 36.3 Å². The van der Waals surface area contributed by atoms with Gasteiger partial charge in [0.2, 0.25) is 0 Å². The lowest BCUT2D eigenvalue weighted by Crippen LogP contribution is -2.39. The number of rotatable bonds is 9. The molecule has 2 fully saturated rings. The van der Waals surface area contributed by atoms with Crippen molar-refractivity contribution in [2.75, 3.05) is 37.7 Å². The number of pyridine rings is 1. The summed E-state index contributed by atoms with van der Waals surface area (Å²) in [7, 11) is 0. The lowest BCUT2D eigenvalue weighted by Gasteiger charge is -2.33. The molecule has 0 saturated carbocycles. The number of ether oxygens (including phenoxy) is 2. The molecule has 0 bridgehead atoms. The third-order valence-corrected chi connectivity index (χ3v) is 6.76. The third-order valence-electron chi connectivity index (χ3n) is 6.76. The van der Waals surface area contributed by atoms with Crippen molar-refractivity contribution >= 4 is 5.69 Å². The molecule has 9 heteroatoms. The smallest absolute Gasteiger partial charge is 0.416 e. The van der Waals surface area contributed by atoms with Crippen molar-refractivity contribution in [3.8, 4) is 5.75 Å². The molecule has 0 aliphatic carbocycles. The molecule has 6 nitrogen and oxygen atoms in total. The maximum absolute atomic E-state index is 12.6. The topological polar surface area (TPSA) is 63.8 Å². The van der Waals surface area contributed by atoms with Gasteiger partial charge < -0.3 is 14.4 Å². The van der Waals surface area contributed by atoms with Crippen molar-refractivity contribution in [1.29, 1.82) is 0 Å². The quantitative estimate of drug-likeness (QED) is 0.419. The Kier molecular flexibility index (Phi) is 8.28. The van der Waals surface area contributed by atoms with Crippen molar-refractivity contribution < 1.29 is 22.6 Å². The lowest BCUT2D eigenvalue weighted by molar-refractivity contribution is -0.137. The Morgan fingerprint density at radius 3 is 2.47 bits per heavy atom. The first-order chi connectivity index (χ1) is 16.4. The van der Waals surface area contributed by atoms with Gasteiger partial charge in [0, 0.05) is 32.3 Å². The van der Waals surface area contributed by atoms with Crippen molar-refractivity contribution in [2.24, 2.45) is 11.8 Å². The lowest BCUT2D eigenvalue weighted by atomic mass is 9.94. The Labute approximate surface area is 198 Å². The zero-order valence-electron chi connectivity index (χ0n) is 19.3. The summed E-state index contributed by atoms with van der Waals surface area (Å²) in [5.41, 5.74) is 1.20. The highest BCUT2D eigenvalue weighted by atomic mass is 19.4. The maximum Gasteiger partial charge on any atom is 0.416 e. The van der Waals surface area contributed by atoms with Crippen LogP contribution in [0.3, 0.4) is 0 Å². The average molecular weight is 479 g/mol. The number of hydrogen-bond donors (Lipinski definition) is 1. The molecule has 4 rings (SSSR count). The first kappa shape index (κ1) is 24.8. The van der Waals surface area contributed by atoms with Crippen LogP contribution in [0.2, 0.25) is 0 Å². The fourth-order valence-electron chi connectivity index (χ4n) is 4.60. The number of piperidine rings is 1. The molecule has 2 aliphatic rings. The maximum atomic E-state index is 12.6. The first-order valence-corrected chi connectivity index (χ1v) is 12.0. The first-order valence-electron chi connectivity index (χ1n) is 12.0. The van der Waals surface area contributed by atoms with Gasteiger partial charge in [0.25, 0.3) is 0 Å². The highest BCUT2D eigenvalue weighted by Crippen LogP contribution is 2.30. The molecule has 0 unspecified atom stereocenters. The number of alkyl halides is 3. The largest absolute Gasteiger partial charge is 0.490 e. The van der Waals surface area contributed by atoms with Crippen LogP contribution < -0.4 is 15.5 Å². The van der Waals surface area contributed by atoms with E-state index in [1.807, 2.05) is 11.2 Å². The molecule has 1 aromatic heterocycles. The molecule has 0 radical (unpaired) electrons. The van der Waals surface area contributed by atoms with Gasteiger partial charge in [-0.3, -0.25) is 10.8 Å². The molecule has 1 aromatic carbocycles. The van der Waals surface area contributed by atoms with Crippen LogP contribution in [0.5, 0.6) is 5.75 Å². The minimum atomic E-state index is -4.30.